The van der Waals surface area contributed by atoms with Crippen molar-refractivity contribution < 1.29 is 9.53 Å². The van der Waals surface area contributed by atoms with E-state index in [0.29, 0.717) is 12.5 Å². The van der Waals surface area contributed by atoms with Crippen molar-refractivity contribution in [2.75, 3.05) is 17.8 Å². The van der Waals surface area contributed by atoms with Crippen molar-refractivity contribution in [3.05, 3.63) is 23.8 Å². The number of benzene rings is 1. The van der Waals surface area contributed by atoms with E-state index in [0.717, 1.165) is 36.3 Å². The fraction of sp³-hybridized carbons (Fsp3) is 0.533. The second kappa shape index (κ2) is 5.83. The van der Waals surface area contributed by atoms with Gasteiger partial charge in [-0.25, -0.2) is 0 Å². The van der Waals surface area contributed by atoms with E-state index in [1.54, 1.807) is 0 Å². The summed E-state index contributed by atoms with van der Waals surface area (Å²) in [5.41, 5.74) is 1.36. The third-order valence-electron chi connectivity index (χ3n) is 3.54. The van der Waals surface area contributed by atoms with Crippen LogP contribution in [-0.4, -0.2) is 18.4 Å². The van der Waals surface area contributed by atoms with Gasteiger partial charge in [-0.15, -0.1) is 11.6 Å². The normalized spacial score (nSPS) is 16.1. The minimum Gasteiger partial charge on any atom is -0.491 e. The number of fused-ring (bicyclic) bond motifs is 1. The molecule has 3 nitrogen and oxygen atoms in total. The first-order valence-electron chi connectivity index (χ1n) is 6.71. The highest BCUT2D eigenvalue weighted by molar-refractivity contribution is 6.17. The third kappa shape index (κ3) is 2.86. The second-order valence-electron chi connectivity index (χ2n) is 5.36. The zero-order chi connectivity index (χ0) is 13.9. The molecule has 1 aromatic carbocycles. The highest BCUT2D eigenvalue weighted by atomic mass is 35.5. The van der Waals surface area contributed by atoms with Crippen LogP contribution in [0.25, 0.3) is 0 Å². The van der Waals surface area contributed by atoms with E-state index in [2.05, 4.69) is 5.32 Å². The van der Waals surface area contributed by atoms with E-state index in [4.69, 9.17) is 16.3 Å². The van der Waals surface area contributed by atoms with Crippen molar-refractivity contribution >= 4 is 23.2 Å². The number of para-hydroxylation sites is 1. The summed E-state index contributed by atoms with van der Waals surface area (Å²) in [6, 6.07) is 5.82. The Bertz CT molecular complexity index is 471. The van der Waals surface area contributed by atoms with Gasteiger partial charge in [-0.2, -0.15) is 0 Å². The molecule has 19 heavy (non-hydrogen) atoms. The maximum atomic E-state index is 11.9. The monoisotopic (exact) mass is 281 g/mol. The summed E-state index contributed by atoms with van der Waals surface area (Å²) in [6.45, 7) is 4.51. The molecule has 0 unspecified atom stereocenters. The molecule has 0 saturated carbocycles. The van der Waals surface area contributed by atoms with Gasteiger partial charge in [0.1, 0.15) is 5.75 Å². The number of hydrogen-bond donors (Lipinski definition) is 1. The van der Waals surface area contributed by atoms with Crippen molar-refractivity contribution in [1.29, 1.82) is 0 Å². The average Bonchev–Trinajstić information content (AvgIpc) is 2.62. The molecule has 0 fully saturated rings. The zero-order valence-electron chi connectivity index (χ0n) is 11.5. The first kappa shape index (κ1) is 14.2. The predicted octanol–water partition coefficient (Wildman–Crippen LogP) is 3.70. The van der Waals surface area contributed by atoms with Crippen LogP contribution in [0.2, 0.25) is 0 Å². The fourth-order valence-corrected chi connectivity index (χ4v) is 2.44. The Hall–Kier alpha value is -1.22. The van der Waals surface area contributed by atoms with E-state index in [1.165, 1.54) is 0 Å². The zero-order valence-corrected chi connectivity index (χ0v) is 12.2. The Morgan fingerprint density at radius 2 is 2.05 bits per heavy atom. The van der Waals surface area contributed by atoms with E-state index < -0.39 is 5.41 Å². The number of carbonyl (C=O) groups excluding carboxylic acids is 1. The van der Waals surface area contributed by atoms with E-state index in [9.17, 15) is 4.79 Å². The predicted molar refractivity (Wildman–Crippen MR) is 78.2 cm³/mol. The van der Waals surface area contributed by atoms with Gasteiger partial charge in [-0.05, 0) is 44.7 Å². The van der Waals surface area contributed by atoms with Gasteiger partial charge in [0, 0.05) is 5.88 Å². The molecule has 1 N–H and O–H groups in total. The Kier molecular flexibility index (Phi) is 4.35. The van der Waals surface area contributed by atoms with Gasteiger partial charge in [-0.3, -0.25) is 4.79 Å². The number of carbonyl (C=O) groups is 1. The first-order valence-corrected chi connectivity index (χ1v) is 7.24. The molecule has 104 valence electrons. The molecule has 4 heteroatoms. The number of halogens is 1. The molecule has 0 saturated heterocycles. The molecule has 0 aromatic heterocycles. The van der Waals surface area contributed by atoms with Crippen molar-refractivity contribution in [3.8, 4) is 5.75 Å². The fourth-order valence-electron chi connectivity index (χ4n) is 2.25. The molecule has 1 aromatic rings. The van der Waals surface area contributed by atoms with Crippen molar-refractivity contribution in [2.45, 2.75) is 38.5 Å². The first-order chi connectivity index (χ1) is 9.07. The van der Waals surface area contributed by atoms with Crippen LogP contribution >= 0.6 is 11.6 Å². The number of anilines is 1. The third-order valence-corrected chi connectivity index (χ3v) is 3.81. The molecule has 1 aliphatic rings. The Morgan fingerprint density at radius 1 is 1.26 bits per heavy atom. The molecule has 0 spiro atoms. The van der Waals surface area contributed by atoms with Gasteiger partial charge in [0.25, 0.3) is 0 Å². The Morgan fingerprint density at radius 3 is 2.79 bits per heavy atom. The maximum absolute atomic E-state index is 11.9. The number of alkyl halides is 1. The smallest absolute Gasteiger partial charge is 0.234 e. The van der Waals surface area contributed by atoms with E-state index >= 15 is 0 Å². The minimum absolute atomic E-state index is 0.0284. The van der Waals surface area contributed by atoms with Crippen LogP contribution in [0.4, 0.5) is 5.69 Å². The number of nitrogens with one attached hydrogen (secondary N) is 1. The molecule has 1 heterocycles. The largest absolute Gasteiger partial charge is 0.491 e. The van der Waals surface area contributed by atoms with Crippen LogP contribution in [0.1, 0.15) is 38.7 Å². The van der Waals surface area contributed by atoms with Gasteiger partial charge < -0.3 is 10.1 Å². The number of unbranched alkanes of at least 4 members (excludes halogenated alkanes) is 2. The number of ether oxygens (including phenoxy) is 1. The lowest BCUT2D eigenvalue weighted by molar-refractivity contribution is -0.119. The summed E-state index contributed by atoms with van der Waals surface area (Å²) in [6.07, 6.45) is 3.06. The van der Waals surface area contributed by atoms with E-state index in [-0.39, 0.29) is 5.91 Å². The van der Waals surface area contributed by atoms with Gasteiger partial charge in [0.05, 0.1) is 17.7 Å². The average molecular weight is 282 g/mol. The van der Waals surface area contributed by atoms with Gasteiger partial charge >= 0.3 is 0 Å². The summed E-state index contributed by atoms with van der Waals surface area (Å²) >= 11 is 5.63. The molecule has 0 bridgehead atoms. The lowest BCUT2D eigenvalue weighted by Crippen LogP contribution is -2.26. The quantitative estimate of drug-likeness (QED) is 0.638. The van der Waals surface area contributed by atoms with Crippen LogP contribution in [0.5, 0.6) is 5.75 Å². The summed E-state index contributed by atoms with van der Waals surface area (Å²) < 4.78 is 5.78. The lowest BCUT2D eigenvalue weighted by atomic mass is 9.86. The molecule has 0 atom stereocenters. The maximum Gasteiger partial charge on any atom is 0.234 e. The SMILES string of the molecule is CC1(C)C(=O)Nc2c(OCCCCCCl)cccc21. The Balaban J connectivity index is 2.04. The van der Waals surface area contributed by atoms with Crippen LogP contribution < -0.4 is 10.1 Å². The highest BCUT2D eigenvalue weighted by Crippen LogP contribution is 2.42. The lowest BCUT2D eigenvalue weighted by Gasteiger charge is -2.15. The molecular formula is C15H20ClNO2. The van der Waals surface area contributed by atoms with Gasteiger partial charge in [-0.1, -0.05) is 12.1 Å². The van der Waals surface area contributed by atoms with Crippen molar-refractivity contribution in [2.24, 2.45) is 0 Å². The van der Waals surface area contributed by atoms with Crippen molar-refractivity contribution in [3.63, 3.8) is 0 Å². The molecule has 0 aliphatic carbocycles. The molecular weight excluding hydrogens is 262 g/mol. The molecule has 1 aliphatic heterocycles. The molecule has 0 radical (unpaired) electrons. The summed E-state index contributed by atoms with van der Waals surface area (Å²) in [4.78, 5) is 11.9. The number of rotatable bonds is 6. The topological polar surface area (TPSA) is 38.3 Å². The summed E-state index contributed by atoms with van der Waals surface area (Å²) in [5.74, 6) is 1.49. The van der Waals surface area contributed by atoms with Crippen LogP contribution in [0.3, 0.4) is 0 Å². The minimum atomic E-state index is -0.479. The van der Waals surface area contributed by atoms with E-state index in [1.807, 2.05) is 32.0 Å². The summed E-state index contributed by atoms with van der Waals surface area (Å²) in [5, 5.41) is 2.92. The van der Waals surface area contributed by atoms with Crippen LogP contribution in [-0.2, 0) is 10.2 Å². The number of hydrogen-bond acceptors (Lipinski definition) is 2. The van der Waals surface area contributed by atoms with Crippen LogP contribution in [0, 0.1) is 0 Å². The highest BCUT2D eigenvalue weighted by Gasteiger charge is 2.39. The van der Waals surface area contributed by atoms with Crippen LogP contribution in [0.15, 0.2) is 18.2 Å². The van der Waals surface area contributed by atoms with Crippen molar-refractivity contribution in [1.82, 2.24) is 0 Å². The number of amides is 1. The molecule has 1 amide bonds. The van der Waals surface area contributed by atoms with Gasteiger partial charge in [0.2, 0.25) is 5.91 Å². The second-order valence-corrected chi connectivity index (χ2v) is 5.73. The molecule has 2 rings (SSSR count). The van der Waals surface area contributed by atoms with Gasteiger partial charge in [0.15, 0.2) is 0 Å². The standard InChI is InChI=1S/C15H20ClNO2/c1-15(2)11-7-6-8-12(13(11)17-14(15)18)19-10-5-3-4-9-16/h6-8H,3-5,9-10H2,1-2H3,(H,17,18). The Labute approximate surface area is 119 Å². The summed E-state index contributed by atoms with van der Waals surface area (Å²) in [7, 11) is 0.